The molecule has 0 aromatic heterocycles. The quantitative estimate of drug-likeness (QED) is 0.523. The number of allylic oxidation sites excluding steroid dienone is 1. The molecule has 0 fully saturated rings. The second-order valence-corrected chi connectivity index (χ2v) is 2.96. The van der Waals surface area contributed by atoms with Crippen LogP contribution in [0.3, 0.4) is 0 Å². The van der Waals surface area contributed by atoms with E-state index in [1.165, 1.54) is 5.57 Å². The van der Waals surface area contributed by atoms with Gasteiger partial charge in [0.15, 0.2) is 0 Å². The molecule has 0 heterocycles. The smallest absolute Gasteiger partial charge is 0 e. The van der Waals surface area contributed by atoms with Gasteiger partial charge < -0.3 is 5.32 Å². The van der Waals surface area contributed by atoms with Crippen LogP contribution in [0, 0.1) is 5.92 Å². The van der Waals surface area contributed by atoms with Gasteiger partial charge in [-0.1, -0.05) is 46.3 Å². The van der Waals surface area contributed by atoms with Crippen LogP contribution in [0.5, 0.6) is 0 Å². The summed E-state index contributed by atoms with van der Waals surface area (Å²) in [6.45, 7) is 13.3. The van der Waals surface area contributed by atoms with Crippen molar-refractivity contribution >= 4 is 0 Å². The second kappa shape index (κ2) is 15.3. The molecule has 1 nitrogen and oxygen atoms in total. The minimum absolute atomic E-state index is 0. The van der Waals surface area contributed by atoms with Gasteiger partial charge in [0, 0.05) is 32.7 Å². The van der Waals surface area contributed by atoms with Gasteiger partial charge in [-0.2, -0.15) is 7.05 Å². The number of hydrogen-bond donors (Lipinski definition) is 0. The van der Waals surface area contributed by atoms with Crippen LogP contribution < -0.4 is 0 Å². The third-order valence-corrected chi connectivity index (χ3v) is 1.70. The molecule has 0 spiro atoms. The second-order valence-electron chi connectivity index (χ2n) is 2.96. The summed E-state index contributed by atoms with van der Waals surface area (Å²) in [5, 5.41) is 4.03. The van der Waals surface area contributed by atoms with E-state index in [0.29, 0.717) is 5.92 Å². The van der Waals surface area contributed by atoms with Crippen LogP contribution in [-0.4, -0.2) is 13.6 Å². The van der Waals surface area contributed by atoms with Gasteiger partial charge in [0.25, 0.3) is 0 Å². The van der Waals surface area contributed by atoms with E-state index >= 15 is 0 Å². The largest absolute Gasteiger partial charge is 0.665 e. The van der Waals surface area contributed by atoms with Gasteiger partial charge in [-0.25, -0.2) is 0 Å². The van der Waals surface area contributed by atoms with Crippen molar-refractivity contribution in [2.75, 3.05) is 13.6 Å². The van der Waals surface area contributed by atoms with Crippen LogP contribution in [0.1, 0.15) is 40.5 Å². The summed E-state index contributed by atoms with van der Waals surface area (Å²) in [6.07, 6.45) is 2.29. The Balaban J connectivity index is -0.000000309. The van der Waals surface area contributed by atoms with Crippen LogP contribution in [0.2, 0.25) is 0 Å². The van der Waals surface area contributed by atoms with E-state index in [9.17, 15) is 0 Å². The summed E-state index contributed by atoms with van der Waals surface area (Å²) < 4.78 is 0. The molecule has 0 amide bonds. The van der Waals surface area contributed by atoms with Crippen molar-refractivity contribution < 1.29 is 32.7 Å². The maximum atomic E-state index is 4.03. The number of rotatable bonds is 5. The molecule has 0 bridgehead atoms. The fourth-order valence-corrected chi connectivity index (χ4v) is 0.753. The molecule has 0 N–H and O–H groups in total. The molecule has 0 aromatic rings. The first-order chi connectivity index (χ1) is 5.68. The van der Waals surface area contributed by atoms with E-state index in [4.69, 9.17) is 0 Å². The Hall–Kier alpha value is 0.804. The molecule has 0 aliphatic carbocycles. The monoisotopic (exact) mass is 259 g/mol. The van der Waals surface area contributed by atoms with Crippen LogP contribution >= 0.6 is 0 Å². The Labute approximate surface area is 110 Å². The van der Waals surface area contributed by atoms with Crippen molar-refractivity contribution in [3.05, 3.63) is 17.5 Å². The van der Waals surface area contributed by atoms with E-state index in [1.807, 2.05) is 20.9 Å². The maximum Gasteiger partial charge on any atom is 0 e. The molecule has 0 aliphatic heterocycles. The third-order valence-electron chi connectivity index (χ3n) is 1.70. The van der Waals surface area contributed by atoms with E-state index in [1.54, 1.807) is 0 Å². The first kappa shape index (κ1) is 19.4. The molecule has 0 saturated heterocycles. The van der Waals surface area contributed by atoms with Crippen molar-refractivity contribution in [3.8, 4) is 0 Å². The first-order valence-electron chi connectivity index (χ1n) is 4.91. The van der Waals surface area contributed by atoms with Crippen molar-refractivity contribution in [2.45, 2.75) is 40.5 Å². The molecular formula is C11H24NY-. The Bertz CT molecular complexity index is 100. The van der Waals surface area contributed by atoms with Gasteiger partial charge in [0.05, 0.1) is 0 Å². The fraction of sp³-hybridized carbons (Fsp3) is 0.818. The summed E-state index contributed by atoms with van der Waals surface area (Å²) in [6, 6.07) is 0. The molecule has 13 heavy (non-hydrogen) atoms. The van der Waals surface area contributed by atoms with Crippen LogP contribution in [-0.2, 0) is 32.7 Å². The SMILES string of the molecule is C=C(CCC[N-]C)C(C)C.CC.[Y]. The third kappa shape index (κ3) is 15.5. The summed E-state index contributed by atoms with van der Waals surface area (Å²) in [5.74, 6) is 0.636. The zero-order chi connectivity index (χ0) is 9.98. The average molecular weight is 259 g/mol. The molecule has 0 aromatic carbocycles. The normalized spacial score (nSPS) is 8.46. The van der Waals surface area contributed by atoms with Gasteiger partial charge in [-0.05, 0) is 12.3 Å². The maximum absolute atomic E-state index is 4.03. The van der Waals surface area contributed by atoms with Gasteiger partial charge in [0.1, 0.15) is 0 Å². The van der Waals surface area contributed by atoms with Crippen molar-refractivity contribution in [1.29, 1.82) is 0 Å². The van der Waals surface area contributed by atoms with Crippen LogP contribution in [0.25, 0.3) is 5.32 Å². The fourth-order valence-electron chi connectivity index (χ4n) is 0.753. The molecule has 2 heteroatoms. The van der Waals surface area contributed by atoms with Gasteiger partial charge in [0.2, 0.25) is 0 Å². The molecule has 0 rings (SSSR count). The van der Waals surface area contributed by atoms with E-state index < -0.39 is 0 Å². The number of nitrogens with zero attached hydrogens (tertiary/aromatic N) is 1. The summed E-state index contributed by atoms with van der Waals surface area (Å²) in [4.78, 5) is 0. The standard InChI is InChI=1S/C9H18N.C2H6.Y/c1-8(2)9(3)6-5-7-10-4;1-2;/h8H,3,5-7H2,1-2,4H3;1-2H3;/q-1;;. The predicted octanol–water partition coefficient (Wildman–Crippen LogP) is 4.01. The molecule has 0 aliphatic rings. The Morgan fingerprint density at radius 3 is 2.08 bits per heavy atom. The zero-order valence-corrected chi connectivity index (χ0v) is 12.8. The van der Waals surface area contributed by atoms with Crippen molar-refractivity contribution in [2.24, 2.45) is 5.92 Å². The molecule has 0 saturated carbocycles. The summed E-state index contributed by atoms with van der Waals surface area (Å²) in [5.41, 5.74) is 1.35. The zero-order valence-electron chi connectivity index (χ0n) is 9.93. The first-order valence-corrected chi connectivity index (χ1v) is 4.91. The van der Waals surface area contributed by atoms with Gasteiger partial charge in [-0.15, -0.1) is 6.54 Å². The minimum Gasteiger partial charge on any atom is -0.665 e. The van der Waals surface area contributed by atoms with Gasteiger partial charge in [-0.3, -0.25) is 0 Å². The summed E-state index contributed by atoms with van der Waals surface area (Å²) >= 11 is 0. The predicted molar refractivity (Wildman–Crippen MR) is 58.7 cm³/mol. The van der Waals surface area contributed by atoms with Crippen molar-refractivity contribution in [1.82, 2.24) is 0 Å². The van der Waals surface area contributed by atoms with E-state index in [2.05, 4.69) is 25.7 Å². The molecular weight excluding hydrogens is 235 g/mol. The molecule has 1 radical (unpaired) electrons. The molecule has 0 atom stereocenters. The Kier molecular flexibility index (Phi) is 22.8. The van der Waals surface area contributed by atoms with Crippen LogP contribution in [0.4, 0.5) is 0 Å². The molecule has 0 unspecified atom stereocenters. The van der Waals surface area contributed by atoms with Gasteiger partial charge >= 0.3 is 0 Å². The van der Waals surface area contributed by atoms with Crippen molar-refractivity contribution in [3.63, 3.8) is 0 Å². The topological polar surface area (TPSA) is 14.1 Å². The summed E-state index contributed by atoms with van der Waals surface area (Å²) in [7, 11) is 1.86. The number of hydrogen-bond acceptors (Lipinski definition) is 0. The Morgan fingerprint density at radius 1 is 1.31 bits per heavy atom. The minimum atomic E-state index is 0. The van der Waals surface area contributed by atoms with E-state index in [0.717, 1.165) is 19.4 Å². The Morgan fingerprint density at radius 2 is 1.77 bits per heavy atom. The van der Waals surface area contributed by atoms with Crippen LogP contribution in [0.15, 0.2) is 12.2 Å². The van der Waals surface area contributed by atoms with E-state index in [-0.39, 0.29) is 32.7 Å². The average Bonchev–Trinajstić information content (AvgIpc) is 2.08. The molecule has 77 valence electrons.